The Balaban J connectivity index is 2.00. The Morgan fingerprint density at radius 3 is 2.31 bits per heavy atom. The van der Waals surface area contributed by atoms with Crippen molar-refractivity contribution in [2.45, 2.75) is 23.7 Å². The molecule has 1 aromatic carbocycles. The first kappa shape index (κ1) is 12.0. The number of nitrogens with one attached hydrogen (secondary N) is 1. The maximum absolute atomic E-state index is 3.41. The van der Waals surface area contributed by atoms with Crippen LogP contribution in [0, 0.1) is 0 Å². The first-order valence-electron chi connectivity index (χ1n) is 5.91. The van der Waals surface area contributed by atoms with Crippen molar-refractivity contribution in [3.8, 4) is 0 Å². The van der Waals surface area contributed by atoms with E-state index < -0.39 is 0 Å². The van der Waals surface area contributed by atoms with Gasteiger partial charge < -0.3 is 5.32 Å². The largest absolute Gasteiger partial charge is 0.317 e. The standard InChI is InChI=1S/C13H20N2S/c1-15(2)16-13-5-3-11(4-6-13)12-7-9-14-10-8-12/h3-6,12,14H,7-10H2,1-2H3. The van der Waals surface area contributed by atoms with Crippen molar-refractivity contribution in [1.29, 1.82) is 0 Å². The van der Waals surface area contributed by atoms with Crippen molar-refractivity contribution in [1.82, 2.24) is 9.62 Å². The van der Waals surface area contributed by atoms with Crippen LogP contribution in [0.1, 0.15) is 24.3 Å². The van der Waals surface area contributed by atoms with Crippen LogP contribution < -0.4 is 5.32 Å². The molecule has 1 saturated heterocycles. The van der Waals surface area contributed by atoms with Gasteiger partial charge in [-0.1, -0.05) is 12.1 Å². The number of rotatable bonds is 3. The maximum atomic E-state index is 3.41. The van der Waals surface area contributed by atoms with Gasteiger partial charge in [0.25, 0.3) is 0 Å². The van der Waals surface area contributed by atoms with Crippen LogP contribution in [0.15, 0.2) is 29.2 Å². The average molecular weight is 236 g/mol. The lowest BCUT2D eigenvalue weighted by molar-refractivity contribution is 0.460. The minimum absolute atomic E-state index is 0.764. The van der Waals surface area contributed by atoms with Crippen LogP contribution in [-0.2, 0) is 0 Å². The molecule has 0 spiro atoms. The molecule has 1 aliphatic rings. The van der Waals surface area contributed by atoms with Crippen LogP contribution >= 0.6 is 11.9 Å². The third kappa shape index (κ3) is 3.24. The Hall–Kier alpha value is -0.510. The molecule has 0 bridgehead atoms. The highest BCUT2D eigenvalue weighted by molar-refractivity contribution is 7.97. The van der Waals surface area contributed by atoms with E-state index in [0.29, 0.717) is 0 Å². The molecule has 0 aromatic heterocycles. The topological polar surface area (TPSA) is 15.3 Å². The molecular weight excluding hydrogens is 216 g/mol. The van der Waals surface area contributed by atoms with Crippen LogP contribution in [0.3, 0.4) is 0 Å². The summed E-state index contributed by atoms with van der Waals surface area (Å²) in [7, 11) is 4.15. The van der Waals surface area contributed by atoms with E-state index in [1.165, 1.54) is 36.4 Å². The van der Waals surface area contributed by atoms with Gasteiger partial charge in [0, 0.05) is 4.90 Å². The number of hydrogen-bond donors (Lipinski definition) is 1. The molecule has 1 heterocycles. The van der Waals surface area contributed by atoms with Crippen molar-refractivity contribution < 1.29 is 0 Å². The summed E-state index contributed by atoms with van der Waals surface area (Å²) < 4.78 is 2.12. The Kier molecular flexibility index (Phi) is 4.27. The molecule has 88 valence electrons. The highest BCUT2D eigenvalue weighted by Crippen LogP contribution is 2.27. The molecule has 0 saturated carbocycles. The number of benzene rings is 1. The first-order chi connectivity index (χ1) is 7.75. The van der Waals surface area contributed by atoms with Gasteiger partial charge in [0.1, 0.15) is 0 Å². The molecule has 1 aromatic rings. The van der Waals surface area contributed by atoms with Gasteiger partial charge in [-0.05, 0) is 75.6 Å². The molecule has 16 heavy (non-hydrogen) atoms. The Morgan fingerprint density at radius 1 is 1.12 bits per heavy atom. The zero-order valence-electron chi connectivity index (χ0n) is 10.1. The Bertz CT molecular complexity index is 315. The molecule has 0 radical (unpaired) electrons. The molecule has 1 N–H and O–H groups in total. The van der Waals surface area contributed by atoms with Gasteiger partial charge in [0.05, 0.1) is 0 Å². The van der Waals surface area contributed by atoms with Gasteiger partial charge in [-0.25, -0.2) is 0 Å². The minimum Gasteiger partial charge on any atom is -0.317 e. The van der Waals surface area contributed by atoms with Crippen molar-refractivity contribution in [3.63, 3.8) is 0 Å². The highest BCUT2D eigenvalue weighted by atomic mass is 32.2. The fourth-order valence-corrected chi connectivity index (χ4v) is 2.85. The molecule has 2 rings (SSSR count). The predicted octanol–water partition coefficient (Wildman–Crippen LogP) is 2.72. The third-order valence-corrected chi connectivity index (χ3v) is 3.83. The number of piperidine rings is 1. The van der Waals surface area contributed by atoms with E-state index in [2.05, 4.69) is 48.0 Å². The fourth-order valence-electron chi connectivity index (χ4n) is 2.17. The van der Waals surface area contributed by atoms with Crippen molar-refractivity contribution in [3.05, 3.63) is 29.8 Å². The predicted molar refractivity (Wildman–Crippen MR) is 70.8 cm³/mol. The van der Waals surface area contributed by atoms with Gasteiger partial charge >= 0.3 is 0 Å². The first-order valence-corrected chi connectivity index (χ1v) is 6.69. The molecule has 0 unspecified atom stereocenters. The molecule has 1 fully saturated rings. The van der Waals surface area contributed by atoms with Gasteiger partial charge in [-0.3, -0.25) is 4.31 Å². The molecular formula is C13H20N2S. The normalized spacial score (nSPS) is 17.9. The second-order valence-corrected chi connectivity index (χ2v) is 5.88. The highest BCUT2D eigenvalue weighted by Gasteiger charge is 2.14. The lowest BCUT2D eigenvalue weighted by Gasteiger charge is -2.23. The van der Waals surface area contributed by atoms with Crippen LogP contribution in [-0.4, -0.2) is 31.5 Å². The quantitative estimate of drug-likeness (QED) is 0.812. The summed E-state index contributed by atoms with van der Waals surface area (Å²) in [5, 5.41) is 3.41. The summed E-state index contributed by atoms with van der Waals surface area (Å²) in [6.07, 6.45) is 2.56. The smallest absolute Gasteiger partial charge is 0.0230 e. The molecule has 1 aliphatic heterocycles. The van der Waals surface area contributed by atoms with Crippen molar-refractivity contribution in [2.75, 3.05) is 27.2 Å². The molecule has 3 heteroatoms. The molecule has 0 atom stereocenters. The molecule has 2 nitrogen and oxygen atoms in total. The lowest BCUT2D eigenvalue weighted by atomic mass is 9.90. The van der Waals surface area contributed by atoms with Crippen molar-refractivity contribution in [2.24, 2.45) is 0 Å². The van der Waals surface area contributed by atoms with E-state index in [1.54, 1.807) is 11.9 Å². The summed E-state index contributed by atoms with van der Waals surface area (Å²) >= 11 is 1.77. The summed E-state index contributed by atoms with van der Waals surface area (Å²) in [4.78, 5) is 1.32. The monoisotopic (exact) mass is 236 g/mol. The van der Waals surface area contributed by atoms with E-state index in [-0.39, 0.29) is 0 Å². The molecule has 0 amide bonds. The lowest BCUT2D eigenvalue weighted by Crippen LogP contribution is -2.26. The number of nitrogens with zero attached hydrogens (tertiary/aromatic N) is 1. The Labute approximate surface area is 103 Å². The Morgan fingerprint density at radius 2 is 1.75 bits per heavy atom. The minimum atomic E-state index is 0.764. The SMILES string of the molecule is CN(C)Sc1ccc(C2CCNCC2)cc1. The fraction of sp³-hybridized carbons (Fsp3) is 0.538. The number of hydrogen-bond acceptors (Lipinski definition) is 3. The van der Waals surface area contributed by atoms with Crippen LogP contribution in [0.5, 0.6) is 0 Å². The van der Waals surface area contributed by atoms with Crippen molar-refractivity contribution >= 4 is 11.9 Å². The van der Waals surface area contributed by atoms with E-state index in [1.807, 2.05) is 0 Å². The van der Waals surface area contributed by atoms with Gasteiger partial charge in [0.15, 0.2) is 0 Å². The summed E-state index contributed by atoms with van der Waals surface area (Å²) in [5.74, 6) is 0.764. The zero-order valence-corrected chi connectivity index (χ0v) is 10.9. The van der Waals surface area contributed by atoms with E-state index in [0.717, 1.165) is 5.92 Å². The maximum Gasteiger partial charge on any atom is 0.0230 e. The van der Waals surface area contributed by atoms with Crippen LogP contribution in [0.2, 0.25) is 0 Å². The van der Waals surface area contributed by atoms with Crippen LogP contribution in [0.4, 0.5) is 0 Å². The average Bonchev–Trinajstić information content (AvgIpc) is 2.30. The summed E-state index contributed by atoms with van der Waals surface area (Å²) in [5.41, 5.74) is 1.50. The second-order valence-electron chi connectivity index (χ2n) is 4.50. The second kappa shape index (κ2) is 5.71. The van der Waals surface area contributed by atoms with Gasteiger partial charge in [0.2, 0.25) is 0 Å². The van der Waals surface area contributed by atoms with Gasteiger partial charge in [-0.2, -0.15) is 0 Å². The summed E-state index contributed by atoms with van der Waals surface area (Å²) in [6, 6.07) is 9.06. The van der Waals surface area contributed by atoms with Gasteiger partial charge in [-0.15, -0.1) is 0 Å². The van der Waals surface area contributed by atoms with E-state index in [4.69, 9.17) is 0 Å². The third-order valence-electron chi connectivity index (χ3n) is 2.98. The van der Waals surface area contributed by atoms with E-state index in [9.17, 15) is 0 Å². The molecule has 0 aliphatic carbocycles. The van der Waals surface area contributed by atoms with E-state index >= 15 is 0 Å². The zero-order chi connectivity index (χ0) is 11.4. The summed E-state index contributed by atoms with van der Waals surface area (Å²) in [6.45, 7) is 2.33. The van der Waals surface area contributed by atoms with Crippen LogP contribution in [0.25, 0.3) is 0 Å².